The van der Waals surface area contributed by atoms with Crippen molar-refractivity contribution in [2.75, 3.05) is 18.1 Å². The van der Waals surface area contributed by atoms with Crippen molar-refractivity contribution in [2.24, 2.45) is 0 Å². The van der Waals surface area contributed by atoms with Crippen LogP contribution in [0.5, 0.6) is 17.6 Å². The molecule has 0 aliphatic rings. The molecule has 0 radical (unpaired) electrons. The minimum absolute atomic E-state index is 0.238. The van der Waals surface area contributed by atoms with Crippen LogP contribution in [0.25, 0.3) is 33.0 Å². The molecule has 0 spiro atoms. The van der Waals surface area contributed by atoms with Crippen LogP contribution in [0.3, 0.4) is 0 Å². The molecule has 0 aliphatic carbocycles. The van der Waals surface area contributed by atoms with Gasteiger partial charge in [-0.05, 0) is 110 Å². The number of benzene rings is 3. The summed E-state index contributed by atoms with van der Waals surface area (Å²) in [5, 5.41) is 1.85. The Balaban J connectivity index is 1.84. The van der Waals surface area contributed by atoms with Gasteiger partial charge in [0, 0.05) is 17.4 Å². The first-order valence-electron chi connectivity index (χ1n) is 12.7. The molecule has 4 aromatic rings. The number of methoxy groups -OCH3 is 1. The van der Waals surface area contributed by atoms with Gasteiger partial charge in [0.2, 0.25) is 15.9 Å². The lowest BCUT2D eigenvalue weighted by Crippen LogP contribution is -2.26. The average molecular weight is 629 g/mol. The summed E-state index contributed by atoms with van der Waals surface area (Å²) in [7, 11) is -1.74. The van der Waals surface area contributed by atoms with Crippen molar-refractivity contribution in [3.63, 3.8) is 0 Å². The van der Waals surface area contributed by atoms with Gasteiger partial charge in [-0.15, -0.1) is 0 Å². The van der Waals surface area contributed by atoms with Crippen molar-refractivity contribution >= 4 is 42.4 Å². The molecule has 4 rings (SSSR count). The van der Waals surface area contributed by atoms with Crippen LogP contribution >= 0.6 is 15.9 Å². The molecule has 1 N–H and O–H groups in total. The van der Waals surface area contributed by atoms with Gasteiger partial charge in [0.05, 0.1) is 23.4 Å². The molecule has 0 bridgehead atoms. The van der Waals surface area contributed by atoms with E-state index in [1.807, 2.05) is 77.9 Å². The number of anilines is 1. The molecular weight excluding hydrogens is 594 g/mol. The first-order valence-corrected chi connectivity index (χ1v) is 15.3. The number of fused-ring (bicyclic) bond motifs is 1. The first kappa shape index (κ1) is 29.6. The maximum atomic E-state index is 11.7. The second-order valence-electron chi connectivity index (χ2n) is 11.5. The fraction of sp³-hybridized carbons (Fsp3) is 0.333. The van der Waals surface area contributed by atoms with Crippen molar-refractivity contribution in [3.8, 4) is 39.9 Å². The van der Waals surface area contributed by atoms with Gasteiger partial charge in [-0.2, -0.15) is 4.98 Å². The summed E-state index contributed by atoms with van der Waals surface area (Å²) in [5.74, 6) is 1.08. The summed E-state index contributed by atoms with van der Waals surface area (Å²) in [6, 6.07) is 15.6. The third-order valence-corrected chi connectivity index (χ3v) is 6.74. The lowest BCUT2D eigenvalue weighted by Gasteiger charge is -2.24. The van der Waals surface area contributed by atoms with E-state index in [1.54, 1.807) is 25.4 Å². The van der Waals surface area contributed by atoms with Crippen LogP contribution in [0.2, 0.25) is 0 Å². The second kappa shape index (κ2) is 10.9. The molecule has 10 heteroatoms. The van der Waals surface area contributed by atoms with Gasteiger partial charge < -0.3 is 14.2 Å². The number of halogens is 1. The van der Waals surface area contributed by atoms with Crippen molar-refractivity contribution in [3.05, 3.63) is 59.2 Å². The van der Waals surface area contributed by atoms with E-state index in [4.69, 9.17) is 14.2 Å². The molecule has 0 atom stereocenters. The van der Waals surface area contributed by atoms with E-state index in [-0.39, 0.29) is 6.01 Å². The molecule has 0 amide bonds. The summed E-state index contributed by atoms with van der Waals surface area (Å²) in [6.07, 6.45) is 2.84. The van der Waals surface area contributed by atoms with Crippen LogP contribution in [-0.4, -0.2) is 43.0 Å². The van der Waals surface area contributed by atoms with Crippen molar-refractivity contribution in [2.45, 2.75) is 52.7 Å². The molecule has 1 heterocycles. The topological polar surface area (TPSA) is 99.6 Å². The van der Waals surface area contributed by atoms with Crippen LogP contribution < -0.4 is 18.9 Å². The number of nitrogens with zero attached hydrogens (tertiary/aromatic N) is 2. The Hall–Kier alpha value is -3.37. The second-order valence-corrected chi connectivity index (χ2v) is 14.1. The lowest BCUT2D eigenvalue weighted by molar-refractivity contribution is 0.103. The molecule has 8 nitrogen and oxygen atoms in total. The van der Waals surface area contributed by atoms with E-state index in [0.717, 1.165) is 38.2 Å². The van der Waals surface area contributed by atoms with Gasteiger partial charge in [-0.25, -0.2) is 13.4 Å². The quantitative estimate of drug-likeness (QED) is 0.227. The maximum Gasteiger partial charge on any atom is 0.320 e. The molecular formula is C30H34BrN3O5S. The Kier molecular flexibility index (Phi) is 8.06. The summed E-state index contributed by atoms with van der Waals surface area (Å²) in [4.78, 5) is 9.09. The summed E-state index contributed by atoms with van der Waals surface area (Å²) in [5.41, 5.74) is 2.85. The van der Waals surface area contributed by atoms with E-state index in [0.29, 0.717) is 22.9 Å². The Morgan fingerprint density at radius 2 is 1.48 bits per heavy atom. The van der Waals surface area contributed by atoms with Gasteiger partial charge in [0.1, 0.15) is 17.0 Å². The Morgan fingerprint density at radius 1 is 0.825 bits per heavy atom. The highest BCUT2D eigenvalue weighted by Gasteiger charge is 2.23. The predicted octanol–water partition coefficient (Wildman–Crippen LogP) is 7.46. The first-order chi connectivity index (χ1) is 18.5. The number of hydrogen-bond acceptors (Lipinski definition) is 7. The SMILES string of the molecule is COc1c(Br)cc(-c2cnc(OC(C)(C)C)nc2OC(C)(C)C)cc1-c1ccc2cc(NS(C)(=O)=O)ccc2c1. The van der Waals surface area contributed by atoms with Crippen LogP contribution in [0.1, 0.15) is 41.5 Å². The van der Waals surface area contributed by atoms with Gasteiger partial charge >= 0.3 is 6.01 Å². The number of ether oxygens (including phenoxy) is 3. The third-order valence-electron chi connectivity index (χ3n) is 5.55. The zero-order chi connectivity index (χ0) is 29.5. The van der Waals surface area contributed by atoms with Crippen molar-refractivity contribution in [1.29, 1.82) is 0 Å². The normalized spacial score (nSPS) is 12.3. The highest BCUT2D eigenvalue weighted by molar-refractivity contribution is 9.10. The predicted molar refractivity (Wildman–Crippen MR) is 164 cm³/mol. The van der Waals surface area contributed by atoms with Gasteiger partial charge in [-0.3, -0.25) is 4.72 Å². The number of rotatable bonds is 7. The molecule has 212 valence electrons. The minimum atomic E-state index is -3.37. The van der Waals surface area contributed by atoms with E-state index in [2.05, 4.69) is 30.6 Å². The third kappa shape index (κ3) is 7.42. The van der Waals surface area contributed by atoms with Gasteiger partial charge in [0.25, 0.3) is 0 Å². The standard InChI is InChI=1S/C30H34BrN3O5S/c1-29(2,3)38-27-24(17-32-28(33-27)39-30(4,5)6)21-15-23(26(37-7)25(31)16-21)20-10-9-19-14-22(34-40(8,35)36)12-11-18(19)13-20/h9-17,34H,1-8H3. The summed E-state index contributed by atoms with van der Waals surface area (Å²) in [6.45, 7) is 11.7. The molecule has 40 heavy (non-hydrogen) atoms. The lowest BCUT2D eigenvalue weighted by atomic mass is 9.97. The highest BCUT2D eigenvalue weighted by Crippen LogP contribution is 2.43. The number of hydrogen-bond donors (Lipinski definition) is 1. The van der Waals surface area contributed by atoms with Crippen molar-refractivity contribution < 1.29 is 22.6 Å². The minimum Gasteiger partial charge on any atom is -0.495 e. The zero-order valence-electron chi connectivity index (χ0n) is 23.9. The number of nitrogens with one attached hydrogen (secondary N) is 1. The van der Waals surface area contributed by atoms with Crippen LogP contribution in [0.4, 0.5) is 5.69 Å². The fourth-order valence-corrected chi connectivity index (χ4v) is 5.28. The van der Waals surface area contributed by atoms with Gasteiger partial charge in [0.15, 0.2) is 0 Å². The summed E-state index contributed by atoms with van der Waals surface area (Å²) >= 11 is 3.68. The van der Waals surface area contributed by atoms with E-state index < -0.39 is 21.2 Å². The number of aromatic nitrogens is 2. The average Bonchev–Trinajstić information content (AvgIpc) is 2.80. The fourth-order valence-electron chi connectivity index (χ4n) is 4.10. The molecule has 0 saturated carbocycles. The zero-order valence-corrected chi connectivity index (χ0v) is 26.3. The van der Waals surface area contributed by atoms with Gasteiger partial charge in [-0.1, -0.05) is 18.2 Å². The van der Waals surface area contributed by atoms with E-state index >= 15 is 0 Å². The van der Waals surface area contributed by atoms with Crippen molar-refractivity contribution in [1.82, 2.24) is 9.97 Å². The smallest absolute Gasteiger partial charge is 0.320 e. The van der Waals surface area contributed by atoms with E-state index in [9.17, 15) is 8.42 Å². The molecule has 3 aromatic carbocycles. The molecule has 0 unspecified atom stereocenters. The van der Waals surface area contributed by atoms with E-state index in [1.165, 1.54) is 0 Å². The van der Waals surface area contributed by atoms with Crippen LogP contribution in [0.15, 0.2) is 59.2 Å². The van der Waals surface area contributed by atoms with Crippen LogP contribution in [-0.2, 0) is 10.0 Å². The molecule has 0 saturated heterocycles. The molecule has 1 aromatic heterocycles. The Labute approximate surface area is 244 Å². The largest absolute Gasteiger partial charge is 0.495 e. The summed E-state index contributed by atoms with van der Waals surface area (Å²) < 4.78 is 44.5. The Bertz CT molecular complexity index is 1680. The van der Waals surface area contributed by atoms with Crippen LogP contribution in [0, 0.1) is 0 Å². The maximum absolute atomic E-state index is 11.7. The highest BCUT2D eigenvalue weighted by atomic mass is 79.9. The molecule has 0 aliphatic heterocycles. The monoisotopic (exact) mass is 627 g/mol. The number of sulfonamides is 1. The molecule has 0 fully saturated rings. The Morgan fingerprint density at radius 3 is 2.10 bits per heavy atom.